The maximum Gasteiger partial charge on any atom is 0.134 e. The molecule has 1 aromatic carbocycles. The summed E-state index contributed by atoms with van der Waals surface area (Å²) in [7, 11) is 0. The van der Waals surface area contributed by atoms with Crippen LogP contribution in [0.1, 0.15) is 24.0 Å². The SMILES string of the molecule is Cc1cc(F)c(C2=CCCC=C2)c(F)c1. The van der Waals surface area contributed by atoms with Gasteiger partial charge >= 0.3 is 0 Å². The zero-order chi connectivity index (χ0) is 10.8. The van der Waals surface area contributed by atoms with Gasteiger partial charge in [-0.15, -0.1) is 0 Å². The van der Waals surface area contributed by atoms with Crippen molar-refractivity contribution in [1.29, 1.82) is 0 Å². The second-order valence-corrected chi connectivity index (χ2v) is 3.74. The van der Waals surface area contributed by atoms with E-state index in [1.165, 1.54) is 12.1 Å². The Bertz CT molecular complexity index is 419. The molecule has 0 bridgehead atoms. The van der Waals surface area contributed by atoms with Gasteiger partial charge in [0.15, 0.2) is 0 Å². The topological polar surface area (TPSA) is 0 Å². The molecule has 0 aliphatic heterocycles. The van der Waals surface area contributed by atoms with Crippen molar-refractivity contribution in [3.05, 3.63) is 53.1 Å². The largest absolute Gasteiger partial charge is 0.206 e. The van der Waals surface area contributed by atoms with Crippen molar-refractivity contribution in [1.82, 2.24) is 0 Å². The lowest BCUT2D eigenvalue weighted by Gasteiger charge is -2.10. The van der Waals surface area contributed by atoms with Crippen molar-refractivity contribution >= 4 is 5.57 Å². The van der Waals surface area contributed by atoms with Gasteiger partial charge in [0.25, 0.3) is 0 Å². The van der Waals surface area contributed by atoms with E-state index in [1.807, 2.05) is 12.2 Å². The molecule has 0 N–H and O–H groups in total. The minimum Gasteiger partial charge on any atom is -0.206 e. The standard InChI is InChI=1S/C13H12F2/c1-9-7-11(14)13(12(15)8-9)10-5-3-2-4-6-10/h3,5-8H,2,4H2,1H3. The molecular formula is C13H12F2. The summed E-state index contributed by atoms with van der Waals surface area (Å²) in [5, 5.41) is 0. The molecule has 1 aromatic rings. The fraction of sp³-hybridized carbons (Fsp3) is 0.231. The van der Waals surface area contributed by atoms with Gasteiger partial charge in [-0.1, -0.05) is 18.2 Å². The maximum atomic E-state index is 13.6. The summed E-state index contributed by atoms with van der Waals surface area (Å²) >= 11 is 0. The number of halogens is 2. The molecule has 0 fully saturated rings. The fourth-order valence-electron chi connectivity index (χ4n) is 1.77. The van der Waals surface area contributed by atoms with Gasteiger partial charge in [0.05, 0.1) is 5.56 Å². The van der Waals surface area contributed by atoms with Crippen molar-refractivity contribution in [3.63, 3.8) is 0 Å². The van der Waals surface area contributed by atoms with E-state index < -0.39 is 11.6 Å². The Labute approximate surface area is 87.9 Å². The highest BCUT2D eigenvalue weighted by molar-refractivity contribution is 5.75. The second kappa shape index (κ2) is 3.97. The van der Waals surface area contributed by atoms with Gasteiger partial charge in [-0.2, -0.15) is 0 Å². The molecule has 0 heterocycles. The Kier molecular flexibility index (Phi) is 2.67. The van der Waals surface area contributed by atoms with Crippen molar-refractivity contribution in [2.45, 2.75) is 19.8 Å². The molecule has 2 rings (SSSR count). The molecule has 0 saturated carbocycles. The van der Waals surface area contributed by atoms with Crippen molar-refractivity contribution in [3.8, 4) is 0 Å². The number of hydrogen-bond donors (Lipinski definition) is 0. The van der Waals surface area contributed by atoms with E-state index in [9.17, 15) is 8.78 Å². The Morgan fingerprint density at radius 2 is 1.73 bits per heavy atom. The third kappa shape index (κ3) is 1.99. The van der Waals surface area contributed by atoms with Crippen LogP contribution in [0.2, 0.25) is 0 Å². The van der Waals surface area contributed by atoms with Gasteiger partial charge in [0.2, 0.25) is 0 Å². The van der Waals surface area contributed by atoms with Gasteiger partial charge in [-0.3, -0.25) is 0 Å². The summed E-state index contributed by atoms with van der Waals surface area (Å²) in [5.41, 5.74) is 1.35. The monoisotopic (exact) mass is 206 g/mol. The molecule has 0 unspecified atom stereocenters. The highest BCUT2D eigenvalue weighted by Gasteiger charge is 2.13. The van der Waals surface area contributed by atoms with E-state index in [1.54, 1.807) is 13.0 Å². The molecule has 1 aliphatic rings. The van der Waals surface area contributed by atoms with Gasteiger partial charge in [-0.25, -0.2) is 8.78 Å². The minimum atomic E-state index is -0.481. The van der Waals surface area contributed by atoms with E-state index in [0.29, 0.717) is 11.1 Å². The normalized spacial score (nSPS) is 15.3. The van der Waals surface area contributed by atoms with Crippen LogP contribution >= 0.6 is 0 Å². The highest BCUT2D eigenvalue weighted by atomic mass is 19.1. The molecule has 1 aliphatic carbocycles. The first-order chi connectivity index (χ1) is 7.18. The van der Waals surface area contributed by atoms with Gasteiger partial charge < -0.3 is 0 Å². The Balaban J connectivity index is 2.52. The average Bonchev–Trinajstić information content (AvgIpc) is 2.17. The lowest BCUT2D eigenvalue weighted by molar-refractivity contribution is 0.575. The van der Waals surface area contributed by atoms with Crippen LogP contribution in [0.15, 0.2) is 30.4 Å². The summed E-state index contributed by atoms with van der Waals surface area (Å²) in [4.78, 5) is 0. The van der Waals surface area contributed by atoms with E-state index >= 15 is 0 Å². The van der Waals surface area contributed by atoms with Gasteiger partial charge in [0, 0.05) is 0 Å². The second-order valence-electron chi connectivity index (χ2n) is 3.74. The third-order valence-corrected chi connectivity index (χ3v) is 2.47. The Morgan fingerprint density at radius 3 is 2.27 bits per heavy atom. The molecule has 0 aromatic heterocycles. The van der Waals surface area contributed by atoms with Crippen LogP contribution in [-0.4, -0.2) is 0 Å². The third-order valence-electron chi connectivity index (χ3n) is 2.47. The predicted octanol–water partition coefficient (Wildman–Crippen LogP) is 4.01. The number of benzene rings is 1. The van der Waals surface area contributed by atoms with E-state index in [0.717, 1.165) is 12.8 Å². The number of rotatable bonds is 1. The highest BCUT2D eigenvalue weighted by Crippen LogP contribution is 2.27. The van der Waals surface area contributed by atoms with Crippen molar-refractivity contribution in [2.75, 3.05) is 0 Å². The van der Waals surface area contributed by atoms with Gasteiger partial charge in [0.1, 0.15) is 11.6 Å². The summed E-state index contributed by atoms with van der Waals surface area (Å²) in [6, 6.07) is 2.73. The smallest absolute Gasteiger partial charge is 0.134 e. The number of allylic oxidation sites excluding steroid dienone is 4. The predicted molar refractivity (Wildman–Crippen MR) is 57.4 cm³/mol. The van der Waals surface area contributed by atoms with Gasteiger partial charge in [-0.05, 0) is 43.0 Å². The molecule has 0 atom stereocenters. The lowest BCUT2D eigenvalue weighted by Crippen LogP contribution is -1.96. The molecule has 0 radical (unpaired) electrons. The Hall–Kier alpha value is -1.44. The van der Waals surface area contributed by atoms with Crippen LogP contribution in [0, 0.1) is 18.6 Å². The molecule has 78 valence electrons. The quantitative estimate of drug-likeness (QED) is 0.651. The zero-order valence-electron chi connectivity index (χ0n) is 8.56. The first kappa shape index (κ1) is 10.1. The van der Waals surface area contributed by atoms with E-state index in [-0.39, 0.29) is 5.56 Å². The molecule has 0 amide bonds. The molecule has 0 spiro atoms. The Morgan fingerprint density at radius 1 is 1.07 bits per heavy atom. The van der Waals surface area contributed by atoms with Crippen LogP contribution < -0.4 is 0 Å². The average molecular weight is 206 g/mol. The number of aryl methyl sites for hydroxylation is 1. The lowest BCUT2D eigenvalue weighted by atomic mass is 9.97. The zero-order valence-corrected chi connectivity index (χ0v) is 8.56. The number of hydrogen-bond acceptors (Lipinski definition) is 0. The summed E-state index contributed by atoms with van der Waals surface area (Å²) < 4.78 is 27.2. The first-order valence-electron chi connectivity index (χ1n) is 5.01. The molecular weight excluding hydrogens is 194 g/mol. The van der Waals surface area contributed by atoms with Crippen LogP contribution in [-0.2, 0) is 0 Å². The maximum absolute atomic E-state index is 13.6. The molecule has 2 heteroatoms. The minimum absolute atomic E-state index is 0.0940. The van der Waals surface area contributed by atoms with Crippen molar-refractivity contribution in [2.24, 2.45) is 0 Å². The van der Waals surface area contributed by atoms with Crippen LogP contribution in [0.25, 0.3) is 5.57 Å². The molecule has 15 heavy (non-hydrogen) atoms. The summed E-state index contributed by atoms with van der Waals surface area (Å²) in [6.45, 7) is 1.68. The van der Waals surface area contributed by atoms with E-state index in [2.05, 4.69) is 0 Å². The molecule has 0 saturated heterocycles. The van der Waals surface area contributed by atoms with Crippen molar-refractivity contribution < 1.29 is 8.78 Å². The van der Waals surface area contributed by atoms with Crippen LogP contribution in [0.4, 0.5) is 8.78 Å². The first-order valence-corrected chi connectivity index (χ1v) is 5.01. The summed E-state index contributed by atoms with van der Waals surface area (Å²) in [6.07, 6.45) is 7.38. The molecule has 0 nitrogen and oxygen atoms in total. The summed E-state index contributed by atoms with van der Waals surface area (Å²) in [5.74, 6) is -0.962. The van der Waals surface area contributed by atoms with E-state index in [4.69, 9.17) is 0 Å². The fourth-order valence-corrected chi connectivity index (χ4v) is 1.77. The van der Waals surface area contributed by atoms with Crippen LogP contribution in [0.3, 0.4) is 0 Å². The van der Waals surface area contributed by atoms with Crippen LogP contribution in [0.5, 0.6) is 0 Å².